The molecular formula is C19H24ClN3O3. The van der Waals surface area contributed by atoms with Crippen LogP contribution in [0.5, 0.6) is 5.75 Å². The third-order valence-electron chi connectivity index (χ3n) is 3.96. The largest absolute Gasteiger partial charge is 0.497 e. The van der Waals surface area contributed by atoms with Crippen molar-refractivity contribution < 1.29 is 14.3 Å². The fraction of sp³-hybridized carbons (Fsp3) is 0.263. The van der Waals surface area contributed by atoms with Crippen molar-refractivity contribution in [1.29, 1.82) is 0 Å². The minimum Gasteiger partial charge on any atom is -0.497 e. The summed E-state index contributed by atoms with van der Waals surface area (Å²) in [5, 5.41) is 5.59. The predicted octanol–water partition coefficient (Wildman–Crippen LogP) is 3.29. The maximum absolute atomic E-state index is 12.3. The highest BCUT2D eigenvalue weighted by Crippen LogP contribution is 2.17. The van der Waals surface area contributed by atoms with Crippen molar-refractivity contribution in [2.24, 2.45) is 11.7 Å². The molecule has 0 spiro atoms. The minimum atomic E-state index is -0.293. The maximum atomic E-state index is 12.3. The first-order chi connectivity index (χ1) is 11.9. The van der Waals surface area contributed by atoms with Gasteiger partial charge in [-0.1, -0.05) is 6.92 Å². The number of carbonyl (C=O) groups excluding carboxylic acids is 2. The molecule has 0 aliphatic carbocycles. The van der Waals surface area contributed by atoms with E-state index in [1.54, 1.807) is 69.5 Å². The fourth-order valence-electron chi connectivity index (χ4n) is 2.08. The Morgan fingerprint density at radius 2 is 1.42 bits per heavy atom. The Kier molecular flexibility index (Phi) is 8.09. The molecule has 0 radical (unpaired) electrons. The first-order valence-electron chi connectivity index (χ1n) is 8.02. The zero-order valence-electron chi connectivity index (χ0n) is 15.0. The van der Waals surface area contributed by atoms with Crippen LogP contribution in [0.2, 0.25) is 0 Å². The Bertz CT molecular complexity index is 731. The zero-order valence-corrected chi connectivity index (χ0v) is 15.8. The molecule has 2 aromatic rings. The average molecular weight is 378 g/mol. The summed E-state index contributed by atoms with van der Waals surface area (Å²) in [5.41, 5.74) is 7.52. The number of methoxy groups -OCH3 is 1. The van der Waals surface area contributed by atoms with Crippen LogP contribution < -0.4 is 21.1 Å². The number of carbonyl (C=O) groups is 2. The fourth-order valence-corrected chi connectivity index (χ4v) is 2.08. The highest BCUT2D eigenvalue weighted by molar-refractivity contribution is 6.04. The number of benzene rings is 2. The number of hydrogen-bond acceptors (Lipinski definition) is 4. The lowest BCUT2D eigenvalue weighted by molar-refractivity contribution is -0.119. The van der Waals surface area contributed by atoms with E-state index in [9.17, 15) is 9.59 Å². The molecular weight excluding hydrogens is 354 g/mol. The Morgan fingerprint density at radius 1 is 0.923 bits per heavy atom. The van der Waals surface area contributed by atoms with Crippen molar-refractivity contribution in [1.82, 2.24) is 0 Å². The first kappa shape index (κ1) is 21.5. The van der Waals surface area contributed by atoms with Crippen LogP contribution in [-0.2, 0) is 4.79 Å². The number of nitrogens with one attached hydrogen (secondary N) is 2. The van der Waals surface area contributed by atoms with Crippen molar-refractivity contribution in [3.05, 3.63) is 54.1 Å². The Hall–Kier alpha value is -2.57. The highest BCUT2D eigenvalue weighted by Gasteiger charge is 2.17. The van der Waals surface area contributed by atoms with Crippen molar-refractivity contribution in [2.45, 2.75) is 19.9 Å². The standard InChI is InChI=1S/C19H23N3O3.ClH/c1-12(13(2)20)18(23)21-15-6-4-14(5-7-15)19(24)22-16-8-10-17(25-3)11-9-16;/h4-13H,20H2,1-3H3,(H,21,23)(H,22,24);1H. The third-order valence-corrected chi connectivity index (χ3v) is 3.96. The Morgan fingerprint density at radius 3 is 1.92 bits per heavy atom. The molecule has 0 bridgehead atoms. The van der Waals surface area contributed by atoms with Gasteiger partial charge < -0.3 is 21.1 Å². The normalized spacial score (nSPS) is 12.3. The van der Waals surface area contributed by atoms with Crippen LogP contribution in [0.1, 0.15) is 24.2 Å². The van der Waals surface area contributed by atoms with E-state index < -0.39 is 0 Å². The van der Waals surface area contributed by atoms with Crippen molar-refractivity contribution in [2.75, 3.05) is 17.7 Å². The summed E-state index contributed by atoms with van der Waals surface area (Å²) in [6.45, 7) is 3.56. The summed E-state index contributed by atoms with van der Waals surface area (Å²) in [4.78, 5) is 24.2. The topological polar surface area (TPSA) is 93.5 Å². The lowest BCUT2D eigenvalue weighted by Crippen LogP contribution is -2.34. The zero-order chi connectivity index (χ0) is 18.4. The van der Waals surface area contributed by atoms with E-state index in [1.807, 2.05) is 0 Å². The van der Waals surface area contributed by atoms with E-state index in [-0.39, 0.29) is 36.2 Å². The van der Waals surface area contributed by atoms with E-state index in [2.05, 4.69) is 10.6 Å². The number of rotatable bonds is 6. The molecule has 2 amide bonds. The van der Waals surface area contributed by atoms with Crippen LogP contribution >= 0.6 is 12.4 Å². The minimum absolute atomic E-state index is 0. The molecule has 2 atom stereocenters. The van der Waals surface area contributed by atoms with Gasteiger partial charge in [0, 0.05) is 23.0 Å². The van der Waals surface area contributed by atoms with Gasteiger partial charge in [0.15, 0.2) is 0 Å². The van der Waals surface area contributed by atoms with Crippen LogP contribution in [0.3, 0.4) is 0 Å². The van der Waals surface area contributed by atoms with Gasteiger partial charge in [-0.05, 0) is 55.5 Å². The van der Waals surface area contributed by atoms with Gasteiger partial charge >= 0.3 is 0 Å². The molecule has 2 unspecified atom stereocenters. The lowest BCUT2D eigenvalue weighted by Gasteiger charge is -2.15. The molecule has 0 fully saturated rings. The van der Waals surface area contributed by atoms with E-state index in [0.717, 1.165) is 5.75 Å². The number of anilines is 2. The van der Waals surface area contributed by atoms with Crippen molar-refractivity contribution in [3.8, 4) is 5.75 Å². The Labute approximate surface area is 159 Å². The summed E-state index contributed by atoms with van der Waals surface area (Å²) in [6, 6.07) is 13.5. The van der Waals surface area contributed by atoms with Crippen molar-refractivity contribution >= 4 is 35.6 Å². The van der Waals surface area contributed by atoms with Gasteiger partial charge in [-0.2, -0.15) is 0 Å². The Balaban J connectivity index is 0.00000338. The smallest absolute Gasteiger partial charge is 0.255 e. The third kappa shape index (κ3) is 5.75. The quantitative estimate of drug-likeness (QED) is 0.720. The van der Waals surface area contributed by atoms with E-state index in [0.29, 0.717) is 16.9 Å². The molecule has 0 saturated carbocycles. The summed E-state index contributed by atoms with van der Waals surface area (Å²) < 4.78 is 5.08. The second kappa shape index (κ2) is 9.79. The number of halogens is 1. The molecule has 0 heterocycles. The number of amides is 2. The van der Waals surface area contributed by atoms with Crippen LogP contribution in [0.4, 0.5) is 11.4 Å². The predicted molar refractivity (Wildman–Crippen MR) is 106 cm³/mol. The molecule has 0 aliphatic rings. The number of nitrogens with two attached hydrogens (primary N) is 1. The summed E-state index contributed by atoms with van der Waals surface area (Å²) in [5.74, 6) is 0.0505. The SMILES string of the molecule is COc1ccc(NC(=O)c2ccc(NC(=O)C(C)C(C)N)cc2)cc1.Cl. The number of hydrogen-bond donors (Lipinski definition) is 3. The van der Waals surface area contributed by atoms with Gasteiger partial charge in [0.25, 0.3) is 5.91 Å². The van der Waals surface area contributed by atoms with Gasteiger partial charge in [0.05, 0.1) is 13.0 Å². The molecule has 0 aliphatic heterocycles. The summed E-state index contributed by atoms with van der Waals surface area (Å²) in [7, 11) is 1.59. The molecule has 26 heavy (non-hydrogen) atoms. The van der Waals surface area contributed by atoms with Gasteiger partial charge in [-0.15, -0.1) is 12.4 Å². The van der Waals surface area contributed by atoms with E-state index in [1.165, 1.54) is 0 Å². The molecule has 6 nitrogen and oxygen atoms in total. The van der Waals surface area contributed by atoms with Gasteiger partial charge in [0.2, 0.25) is 5.91 Å². The van der Waals surface area contributed by atoms with Crippen LogP contribution in [0.25, 0.3) is 0 Å². The summed E-state index contributed by atoms with van der Waals surface area (Å²) >= 11 is 0. The second-order valence-electron chi connectivity index (χ2n) is 5.90. The average Bonchev–Trinajstić information content (AvgIpc) is 2.62. The van der Waals surface area contributed by atoms with Crippen molar-refractivity contribution in [3.63, 3.8) is 0 Å². The molecule has 2 rings (SSSR count). The molecule has 140 valence electrons. The van der Waals surface area contributed by atoms with Gasteiger partial charge in [0.1, 0.15) is 5.75 Å². The van der Waals surface area contributed by atoms with Gasteiger partial charge in [-0.3, -0.25) is 9.59 Å². The van der Waals surface area contributed by atoms with Crippen LogP contribution in [0.15, 0.2) is 48.5 Å². The van der Waals surface area contributed by atoms with E-state index in [4.69, 9.17) is 10.5 Å². The highest BCUT2D eigenvalue weighted by atomic mass is 35.5. The monoisotopic (exact) mass is 377 g/mol. The van der Waals surface area contributed by atoms with Gasteiger partial charge in [-0.25, -0.2) is 0 Å². The number of ether oxygens (including phenoxy) is 1. The second-order valence-corrected chi connectivity index (χ2v) is 5.90. The molecule has 4 N–H and O–H groups in total. The first-order valence-corrected chi connectivity index (χ1v) is 8.02. The molecule has 2 aromatic carbocycles. The maximum Gasteiger partial charge on any atom is 0.255 e. The van der Waals surface area contributed by atoms with E-state index >= 15 is 0 Å². The molecule has 7 heteroatoms. The lowest BCUT2D eigenvalue weighted by atomic mass is 10.0. The molecule has 0 saturated heterocycles. The van der Waals surface area contributed by atoms with Crippen LogP contribution in [0, 0.1) is 5.92 Å². The summed E-state index contributed by atoms with van der Waals surface area (Å²) in [6.07, 6.45) is 0. The molecule has 0 aromatic heterocycles. The van der Waals surface area contributed by atoms with Crippen LogP contribution in [-0.4, -0.2) is 25.0 Å².